The zero-order valence-corrected chi connectivity index (χ0v) is 17.9. The summed E-state index contributed by atoms with van der Waals surface area (Å²) < 4.78 is 52.8. The monoisotopic (exact) mass is 471 g/mol. The molecule has 0 aromatic heterocycles. The van der Waals surface area contributed by atoms with Crippen LogP contribution in [0.15, 0.2) is 47.4 Å². The lowest BCUT2D eigenvalue weighted by molar-refractivity contribution is -0.132. The molecule has 0 unspecified atom stereocenters. The molecule has 7 nitrogen and oxygen atoms in total. The molecular weight excluding hydrogens is 452 g/mol. The topological polar surface area (TPSA) is 86.8 Å². The number of rotatable bonds is 6. The predicted octanol–water partition coefficient (Wildman–Crippen LogP) is 2.27. The molecule has 2 amide bonds. The van der Waals surface area contributed by atoms with Gasteiger partial charge in [-0.05, 0) is 42.5 Å². The van der Waals surface area contributed by atoms with E-state index in [0.717, 1.165) is 36.4 Å². The second kappa shape index (κ2) is 9.71. The molecule has 0 atom stereocenters. The molecule has 1 fully saturated rings. The SMILES string of the molecule is O=C(CCNS(=O)(=O)c1ccc(F)cc1)N1CCN(C(=O)c2ccc(F)cc2Cl)CC1. The van der Waals surface area contributed by atoms with Crippen molar-refractivity contribution < 1.29 is 26.8 Å². The fourth-order valence-corrected chi connectivity index (χ4v) is 4.42. The van der Waals surface area contributed by atoms with Gasteiger partial charge in [-0.2, -0.15) is 0 Å². The van der Waals surface area contributed by atoms with Crippen molar-refractivity contribution in [3.63, 3.8) is 0 Å². The number of hydrogen-bond donors (Lipinski definition) is 1. The first kappa shape index (κ1) is 23.1. The zero-order valence-electron chi connectivity index (χ0n) is 16.4. The van der Waals surface area contributed by atoms with Crippen LogP contribution in [0.4, 0.5) is 8.78 Å². The fourth-order valence-electron chi connectivity index (χ4n) is 3.14. The van der Waals surface area contributed by atoms with Gasteiger partial charge in [-0.3, -0.25) is 9.59 Å². The molecule has 3 rings (SSSR count). The minimum atomic E-state index is -3.84. The van der Waals surface area contributed by atoms with Crippen LogP contribution in [0.25, 0.3) is 0 Å². The van der Waals surface area contributed by atoms with E-state index in [1.165, 1.54) is 11.0 Å². The number of nitrogens with one attached hydrogen (secondary N) is 1. The van der Waals surface area contributed by atoms with Gasteiger partial charge in [-0.25, -0.2) is 21.9 Å². The molecule has 2 aromatic rings. The molecule has 1 aliphatic rings. The standard InChI is InChI=1S/C20H20ClF2N3O4S/c21-18-13-15(23)3-6-17(18)20(28)26-11-9-25(10-12-26)19(27)7-8-24-31(29,30)16-4-1-14(22)2-5-16/h1-6,13,24H,7-12H2. The van der Waals surface area contributed by atoms with Crippen LogP contribution in [0, 0.1) is 11.6 Å². The van der Waals surface area contributed by atoms with Crippen molar-refractivity contribution in [1.82, 2.24) is 14.5 Å². The summed E-state index contributed by atoms with van der Waals surface area (Å²) in [7, 11) is -3.84. The van der Waals surface area contributed by atoms with E-state index < -0.39 is 21.7 Å². The first-order chi connectivity index (χ1) is 14.7. The average molecular weight is 472 g/mol. The zero-order chi connectivity index (χ0) is 22.6. The van der Waals surface area contributed by atoms with Crippen LogP contribution in [0.5, 0.6) is 0 Å². The van der Waals surface area contributed by atoms with Crippen LogP contribution in [0.1, 0.15) is 16.8 Å². The molecule has 1 heterocycles. The van der Waals surface area contributed by atoms with E-state index in [9.17, 15) is 26.8 Å². The minimum absolute atomic E-state index is 0.0249. The smallest absolute Gasteiger partial charge is 0.255 e. The number of amides is 2. The Hall–Kier alpha value is -2.56. The van der Waals surface area contributed by atoms with Gasteiger partial charge in [0.15, 0.2) is 0 Å². The van der Waals surface area contributed by atoms with Crippen molar-refractivity contribution in [3.05, 3.63) is 64.7 Å². The van der Waals surface area contributed by atoms with Gasteiger partial charge in [0.05, 0.1) is 15.5 Å². The van der Waals surface area contributed by atoms with E-state index in [1.54, 1.807) is 4.90 Å². The van der Waals surface area contributed by atoms with Gasteiger partial charge in [-0.15, -0.1) is 0 Å². The van der Waals surface area contributed by atoms with Gasteiger partial charge >= 0.3 is 0 Å². The Morgan fingerprint density at radius 1 is 0.935 bits per heavy atom. The van der Waals surface area contributed by atoms with E-state index in [1.807, 2.05) is 0 Å². The third-order valence-corrected chi connectivity index (χ3v) is 6.63. The molecule has 1 N–H and O–H groups in total. The van der Waals surface area contributed by atoms with Crippen molar-refractivity contribution in [2.75, 3.05) is 32.7 Å². The van der Waals surface area contributed by atoms with Gasteiger partial charge in [-0.1, -0.05) is 11.6 Å². The highest BCUT2D eigenvalue weighted by atomic mass is 35.5. The fraction of sp³-hybridized carbons (Fsp3) is 0.300. The van der Waals surface area contributed by atoms with E-state index in [-0.39, 0.29) is 66.4 Å². The highest BCUT2D eigenvalue weighted by molar-refractivity contribution is 7.89. The number of piperazine rings is 1. The van der Waals surface area contributed by atoms with Crippen LogP contribution in [0.3, 0.4) is 0 Å². The summed E-state index contributed by atoms with van der Waals surface area (Å²) in [6.45, 7) is 1.02. The second-order valence-corrected chi connectivity index (χ2v) is 9.07. The molecule has 0 aliphatic carbocycles. The predicted molar refractivity (Wildman–Crippen MR) is 110 cm³/mol. The molecule has 166 valence electrons. The van der Waals surface area contributed by atoms with Gasteiger partial charge < -0.3 is 9.80 Å². The number of sulfonamides is 1. The van der Waals surface area contributed by atoms with Crippen LogP contribution in [-0.2, 0) is 14.8 Å². The molecule has 0 bridgehead atoms. The number of halogens is 3. The largest absolute Gasteiger partial charge is 0.339 e. The third-order valence-electron chi connectivity index (χ3n) is 4.84. The first-order valence-corrected chi connectivity index (χ1v) is 11.3. The summed E-state index contributed by atoms with van der Waals surface area (Å²) in [6, 6.07) is 7.92. The first-order valence-electron chi connectivity index (χ1n) is 9.45. The summed E-state index contributed by atoms with van der Waals surface area (Å²) >= 11 is 5.94. The third kappa shape index (κ3) is 5.78. The molecular formula is C20H20ClF2N3O4S. The molecule has 31 heavy (non-hydrogen) atoms. The van der Waals surface area contributed by atoms with Gasteiger partial charge in [0.25, 0.3) is 5.91 Å². The lowest BCUT2D eigenvalue weighted by atomic mass is 10.1. The lowest BCUT2D eigenvalue weighted by Crippen LogP contribution is -2.51. The maximum Gasteiger partial charge on any atom is 0.255 e. The number of carbonyl (C=O) groups is 2. The Kier molecular flexibility index (Phi) is 7.24. The maximum absolute atomic E-state index is 13.2. The Balaban J connectivity index is 1.48. The van der Waals surface area contributed by atoms with Crippen LogP contribution in [0.2, 0.25) is 5.02 Å². The molecule has 0 spiro atoms. The molecule has 2 aromatic carbocycles. The summed E-state index contributed by atoms with van der Waals surface area (Å²) in [6.07, 6.45) is -0.0574. The highest BCUT2D eigenvalue weighted by Gasteiger charge is 2.26. The minimum Gasteiger partial charge on any atom is -0.339 e. The van der Waals surface area contributed by atoms with Crippen LogP contribution >= 0.6 is 11.6 Å². The van der Waals surface area contributed by atoms with Crippen molar-refractivity contribution >= 4 is 33.4 Å². The summed E-state index contributed by atoms with van der Waals surface area (Å²) in [5.74, 6) is -1.68. The second-order valence-electron chi connectivity index (χ2n) is 6.90. The quantitative estimate of drug-likeness (QED) is 0.700. The summed E-state index contributed by atoms with van der Waals surface area (Å²) in [4.78, 5) is 27.9. The molecule has 0 radical (unpaired) electrons. The Morgan fingerprint density at radius 3 is 2.13 bits per heavy atom. The van der Waals surface area contributed by atoms with Crippen molar-refractivity contribution in [3.8, 4) is 0 Å². The Labute approximate surface area is 183 Å². The van der Waals surface area contributed by atoms with Crippen LogP contribution in [-0.4, -0.2) is 62.8 Å². The molecule has 0 saturated carbocycles. The average Bonchev–Trinajstić information content (AvgIpc) is 2.73. The molecule has 1 aliphatic heterocycles. The van der Waals surface area contributed by atoms with Gasteiger partial charge in [0.2, 0.25) is 15.9 Å². The maximum atomic E-state index is 13.2. The number of benzene rings is 2. The molecule has 1 saturated heterocycles. The number of carbonyl (C=O) groups excluding carboxylic acids is 2. The van der Waals surface area contributed by atoms with Crippen molar-refractivity contribution in [2.24, 2.45) is 0 Å². The van der Waals surface area contributed by atoms with Crippen LogP contribution < -0.4 is 4.72 Å². The Morgan fingerprint density at radius 2 is 1.52 bits per heavy atom. The summed E-state index contributed by atoms with van der Waals surface area (Å²) in [5, 5.41) is 0.0249. The van der Waals surface area contributed by atoms with E-state index in [0.29, 0.717) is 0 Å². The normalized spacial score (nSPS) is 14.5. The number of hydrogen-bond acceptors (Lipinski definition) is 4. The van der Waals surface area contributed by atoms with Crippen molar-refractivity contribution in [2.45, 2.75) is 11.3 Å². The highest BCUT2D eigenvalue weighted by Crippen LogP contribution is 2.20. The Bertz CT molecular complexity index is 1070. The van der Waals surface area contributed by atoms with E-state index in [4.69, 9.17) is 11.6 Å². The van der Waals surface area contributed by atoms with E-state index >= 15 is 0 Å². The van der Waals surface area contributed by atoms with Gasteiger partial charge in [0.1, 0.15) is 11.6 Å². The number of nitrogens with zero attached hydrogens (tertiary/aromatic N) is 2. The molecule has 11 heteroatoms. The van der Waals surface area contributed by atoms with E-state index in [2.05, 4.69) is 4.72 Å². The lowest BCUT2D eigenvalue weighted by Gasteiger charge is -2.35. The van der Waals surface area contributed by atoms with Crippen molar-refractivity contribution in [1.29, 1.82) is 0 Å². The summed E-state index contributed by atoms with van der Waals surface area (Å²) in [5.41, 5.74) is 0.193. The van der Waals surface area contributed by atoms with Gasteiger partial charge in [0, 0.05) is 39.1 Å².